The highest BCUT2D eigenvalue weighted by molar-refractivity contribution is 5.82. The lowest BCUT2D eigenvalue weighted by molar-refractivity contribution is 0.351. The number of hydrogen-bond acceptors (Lipinski definition) is 2. The first kappa shape index (κ1) is 13.4. The molecule has 0 amide bonds. The Balaban J connectivity index is 2.29. The van der Waals surface area contributed by atoms with Crippen LogP contribution in [0, 0.1) is 6.92 Å². The standard InChI is InChI=1S/C17H18O2/c1-13-3-7-15(8-4-13)16(12-18)11-14-5-9-17(19-2)10-6-14/h3-11,18H,12H2,1-2H3/b16-11+. The van der Waals surface area contributed by atoms with Crippen LogP contribution in [-0.2, 0) is 0 Å². The summed E-state index contributed by atoms with van der Waals surface area (Å²) in [5, 5.41) is 9.52. The number of hydrogen-bond donors (Lipinski definition) is 1. The Labute approximate surface area is 114 Å². The summed E-state index contributed by atoms with van der Waals surface area (Å²) < 4.78 is 5.13. The van der Waals surface area contributed by atoms with Gasteiger partial charge >= 0.3 is 0 Å². The topological polar surface area (TPSA) is 29.5 Å². The van der Waals surface area contributed by atoms with Crippen molar-refractivity contribution in [3.05, 3.63) is 65.2 Å². The number of rotatable bonds is 4. The molecule has 0 saturated heterocycles. The van der Waals surface area contributed by atoms with E-state index >= 15 is 0 Å². The fourth-order valence-corrected chi connectivity index (χ4v) is 1.89. The number of aryl methyl sites for hydroxylation is 1. The van der Waals surface area contributed by atoms with E-state index in [1.54, 1.807) is 7.11 Å². The Morgan fingerprint density at radius 2 is 1.68 bits per heavy atom. The molecule has 2 rings (SSSR count). The molecule has 0 fully saturated rings. The molecular weight excluding hydrogens is 236 g/mol. The van der Waals surface area contributed by atoms with Crippen LogP contribution in [0.3, 0.4) is 0 Å². The molecule has 1 N–H and O–H groups in total. The normalized spacial score (nSPS) is 11.4. The Kier molecular flexibility index (Phi) is 4.37. The van der Waals surface area contributed by atoms with Gasteiger partial charge in [-0.15, -0.1) is 0 Å². The number of aliphatic hydroxyl groups is 1. The van der Waals surface area contributed by atoms with Crippen molar-refractivity contribution in [3.63, 3.8) is 0 Å². The molecule has 0 radical (unpaired) electrons. The van der Waals surface area contributed by atoms with Crippen LogP contribution in [0.2, 0.25) is 0 Å². The minimum Gasteiger partial charge on any atom is -0.497 e. The molecule has 98 valence electrons. The maximum atomic E-state index is 9.52. The molecule has 0 unspecified atom stereocenters. The highest BCUT2D eigenvalue weighted by Crippen LogP contribution is 2.20. The summed E-state index contributed by atoms with van der Waals surface area (Å²) in [6.45, 7) is 2.07. The molecule has 0 aliphatic heterocycles. The molecule has 0 bridgehead atoms. The molecule has 0 aromatic heterocycles. The Hall–Kier alpha value is -2.06. The van der Waals surface area contributed by atoms with Crippen LogP contribution < -0.4 is 4.74 Å². The summed E-state index contributed by atoms with van der Waals surface area (Å²) in [5.74, 6) is 0.832. The fraction of sp³-hybridized carbons (Fsp3) is 0.176. The minimum atomic E-state index is 0.0229. The molecule has 0 spiro atoms. The van der Waals surface area contributed by atoms with Crippen molar-refractivity contribution in [2.24, 2.45) is 0 Å². The molecule has 0 heterocycles. The summed E-state index contributed by atoms with van der Waals surface area (Å²) >= 11 is 0. The monoisotopic (exact) mass is 254 g/mol. The van der Waals surface area contributed by atoms with Gasteiger partial charge in [0.05, 0.1) is 13.7 Å². The molecule has 2 aromatic rings. The number of benzene rings is 2. The van der Waals surface area contributed by atoms with E-state index in [0.717, 1.165) is 22.4 Å². The maximum Gasteiger partial charge on any atom is 0.118 e. The van der Waals surface area contributed by atoms with E-state index in [9.17, 15) is 5.11 Å². The lowest BCUT2D eigenvalue weighted by Crippen LogP contribution is -1.91. The van der Waals surface area contributed by atoms with E-state index in [1.807, 2.05) is 54.6 Å². The molecule has 0 aliphatic rings. The number of ether oxygens (including phenoxy) is 1. The van der Waals surface area contributed by atoms with Crippen molar-refractivity contribution in [1.29, 1.82) is 0 Å². The molecule has 2 nitrogen and oxygen atoms in total. The third-order valence-electron chi connectivity index (χ3n) is 3.05. The summed E-state index contributed by atoms with van der Waals surface area (Å²) in [6.07, 6.45) is 1.99. The van der Waals surface area contributed by atoms with Gasteiger partial charge in [0.25, 0.3) is 0 Å². The predicted octanol–water partition coefficient (Wildman–Crippen LogP) is 3.54. The van der Waals surface area contributed by atoms with Gasteiger partial charge in [0.2, 0.25) is 0 Å². The van der Waals surface area contributed by atoms with E-state index in [0.29, 0.717) is 0 Å². The van der Waals surface area contributed by atoms with Crippen molar-refractivity contribution in [2.45, 2.75) is 6.92 Å². The van der Waals surface area contributed by atoms with E-state index in [-0.39, 0.29) is 6.61 Å². The quantitative estimate of drug-likeness (QED) is 0.846. The first-order chi connectivity index (χ1) is 9.22. The molecule has 2 heteroatoms. The molecule has 19 heavy (non-hydrogen) atoms. The third kappa shape index (κ3) is 3.46. The van der Waals surface area contributed by atoms with Gasteiger partial charge in [-0.2, -0.15) is 0 Å². The predicted molar refractivity (Wildman–Crippen MR) is 79.1 cm³/mol. The van der Waals surface area contributed by atoms with Gasteiger partial charge in [0.1, 0.15) is 5.75 Å². The fourth-order valence-electron chi connectivity index (χ4n) is 1.89. The second kappa shape index (κ2) is 6.21. The summed E-state index contributed by atoms with van der Waals surface area (Å²) in [4.78, 5) is 0. The van der Waals surface area contributed by atoms with Crippen LogP contribution in [0.1, 0.15) is 16.7 Å². The van der Waals surface area contributed by atoms with Crippen LogP contribution >= 0.6 is 0 Å². The van der Waals surface area contributed by atoms with Gasteiger partial charge in [-0.25, -0.2) is 0 Å². The van der Waals surface area contributed by atoms with Crippen molar-refractivity contribution in [2.75, 3.05) is 13.7 Å². The summed E-state index contributed by atoms with van der Waals surface area (Å²) in [7, 11) is 1.65. The molecule has 0 atom stereocenters. The van der Waals surface area contributed by atoms with Crippen molar-refractivity contribution >= 4 is 11.6 Å². The summed E-state index contributed by atoms with van der Waals surface area (Å²) in [5.41, 5.74) is 4.21. The highest BCUT2D eigenvalue weighted by atomic mass is 16.5. The van der Waals surface area contributed by atoms with Crippen LogP contribution in [0.25, 0.3) is 11.6 Å². The molecule has 0 saturated carbocycles. The van der Waals surface area contributed by atoms with Gasteiger partial charge < -0.3 is 9.84 Å². The van der Waals surface area contributed by atoms with Crippen LogP contribution in [-0.4, -0.2) is 18.8 Å². The zero-order chi connectivity index (χ0) is 13.7. The summed E-state index contributed by atoms with van der Waals surface area (Å²) in [6, 6.07) is 15.9. The second-order valence-electron chi connectivity index (χ2n) is 4.47. The van der Waals surface area contributed by atoms with Crippen molar-refractivity contribution < 1.29 is 9.84 Å². The first-order valence-electron chi connectivity index (χ1n) is 6.25. The van der Waals surface area contributed by atoms with E-state index in [4.69, 9.17) is 4.74 Å². The highest BCUT2D eigenvalue weighted by Gasteiger charge is 2.01. The lowest BCUT2D eigenvalue weighted by Gasteiger charge is -2.06. The van der Waals surface area contributed by atoms with E-state index in [1.165, 1.54) is 5.56 Å². The van der Waals surface area contributed by atoms with E-state index in [2.05, 4.69) is 6.92 Å². The Morgan fingerprint density at radius 3 is 2.21 bits per heavy atom. The van der Waals surface area contributed by atoms with Gasteiger partial charge in [-0.05, 0) is 41.8 Å². The minimum absolute atomic E-state index is 0.0229. The Morgan fingerprint density at radius 1 is 1.05 bits per heavy atom. The average Bonchev–Trinajstić information content (AvgIpc) is 2.46. The third-order valence-corrected chi connectivity index (χ3v) is 3.05. The van der Waals surface area contributed by atoms with Crippen LogP contribution in [0.4, 0.5) is 0 Å². The first-order valence-corrected chi connectivity index (χ1v) is 6.25. The van der Waals surface area contributed by atoms with Gasteiger partial charge in [0.15, 0.2) is 0 Å². The average molecular weight is 254 g/mol. The number of methoxy groups -OCH3 is 1. The van der Waals surface area contributed by atoms with Gasteiger partial charge in [-0.1, -0.05) is 42.0 Å². The molecule has 2 aromatic carbocycles. The van der Waals surface area contributed by atoms with Crippen molar-refractivity contribution in [1.82, 2.24) is 0 Å². The largest absolute Gasteiger partial charge is 0.497 e. The Bertz CT molecular complexity index is 551. The zero-order valence-electron chi connectivity index (χ0n) is 11.3. The number of aliphatic hydroxyl groups excluding tert-OH is 1. The van der Waals surface area contributed by atoms with Crippen LogP contribution in [0.5, 0.6) is 5.75 Å². The van der Waals surface area contributed by atoms with Crippen molar-refractivity contribution in [3.8, 4) is 5.75 Å². The maximum absolute atomic E-state index is 9.52. The molecular formula is C17H18O2. The van der Waals surface area contributed by atoms with E-state index < -0.39 is 0 Å². The van der Waals surface area contributed by atoms with Crippen LogP contribution in [0.15, 0.2) is 48.5 Å². The van der Waals surface area contributed by atoms with Gasteiger partial charge in [0, 0.05) is 0 Å². The second-order valence-corrected chi connectivity index (χ2v) is 4.47. The SMILES string of the molecule is COc1ccc(/C=C(\CO)c2ccc(C)cc2)cc1. The molecule has 0 aliphatic carbocycles. The lowest BCUT2D eigenvalue weighted by atomic mass is 10.0. The zero-order valence-corrected chi connectivity index (χ0v) is 11.3. The van der Waals surface area contributed by atoms with Gasteiger partial charge in [-0.3, -0.25) is 0 Å². The smallest absolute Gasteiger partial charge is 0.118 e.